The van der Waals surface area contributed by atoms with Crippen LogP contribution in [-0.2, 0) is 0 Å². The molecule has 0 spiro atoms. The van der Waals surface area contributed by atoms with Crippen LogP contribution >= 0.6 is 0 Å². The van der Waals surface area contributed by atoms with Crippen molar-refractivity contribution in [1.82, 2.24) is 5.32 Å². The van der Waals surface area contributed by atoms with E-state index in [1.54, 1.807) is 24.3 Å². The topological polar surface area (TPSA) is 71.7 Å². The summed E-state index contributed by atoms with van der Waals surface area (Å²) in [6.45, 7) is 4.78. The monoisotopic (exact) mass is 351 g/mol. The Morgan fingerprint density at radius 3 is 2.77 bits per heavy atom. The minimum Gasteiger partial charge on any atom is -0.491 e. The molecule has 0 aliphatic carbocycles. The summed E-state index contributed by atoms with van der Waals surface area (Å²) < 4.78 is 11.5. The van der Waals surface area contributed by atoms with E-state index >= 15 is 0 Å². The lowest BCUT2D eigenvalue weighted by molar-refractivity contribution is 0.107. The van der Waals surface area contributed by atoms with Crippen LogP contribution in [0, 0.1) is 0 Å². The van der Waals surface area contributed by atoms with Gasteiger partial charge in [0.1, 0.15) is 29.8 Å². The predicted octanol–water partition coefficient (Wildman–Crippen LogP) is 2.98. The minimum atomic E-state index is -0.645. The van der Waals surface area contributed by atoms with Crippen LogP contribution in [0.15, 0.2) is 76.5 Å². The standard InChI is InChI=1S/C21H21NO4/c1-2-10-22-13-16(23)14-25-17-8-9-18-19(24)12-20(26-21(18)11-17)15-6-4-3-5-7-15/h2-9,11-12,16,22-23H,1,10,13-14H2. The lowest BCUT2D eigenvalue weighted by atomic mass is 10.1. The van der Waals surface area contributed by atoms with E-state index in [0.717, 1.165) is 5.56 Å². The Kier molecular flexibility index (Phi) is 5.84. The lowest BCUT2D eigenvalue weighted by Crippen LogP contribution is -2.31. The maximum Gasteiger partial charge on any atom is 0.193 e. The van der Waals surface area contributed by atoms with E-state index in [9.17, 15) is 9.90 Å². The first kappa shape index (κ1) is 17.9. The largest absolute Gasteiger partial charge is 0.491 e. The van der Waals surface area contributed by atoms with E-state index in [0.29, 0.717) is 35.6 Å². The van der Waals surface area contributed by atoms with Crippen molar-refractivity contribution in [2.75, 3.05) is 19.7 Å². The van der Waals surface area contributed by atoms with Gasteiger partial charge in [-0.2, -0.15) is 0 Å². The molecule has 0 radical (unpaired) electrons. The fourth-order valence-corrected chi connectivity index (χ4v) is 2.57. The van der Waals surface area contributed by atoms with Crippen molar-refractivity contribution < 1.29 is 14.3 Å². The van der Waals surface area contributed by atoms with Gasteiger partial charge in [0.25, 0.3) is 0 Å². The van der Waals surface area contributed by atoms with Crippen LogP contribution in [0.25, 0.3) is 22.3 Å². The number of ether oxygens (including phenoxy) is 1. The Hall–Kier alpha value is -2.89. The maximum atomic E-state index is 12.3. The molecule has 1 atom stereocenters. The van der Waals surface area contributed by atoms with Crippen LogP contribution in [0.4, 0.5) is 0 Å². The molecule has 0 amide bonds. The maximum absolute atomic E-state index is 12.3. The van der Waals surface area contributed by atoms with Gasteiger partial charge in [-0.05, 0) is 12.1 Å². The summed E-state index contributed by atoms with van der Waals surface area (Å²) in [5, 5.41) is 13.4. The number of aliphatic hydroxyl groups excluding tert-OH is 1. The highest BCUT2D eigenvalue weighted by Gasteiger charge is 2.09. The third kappa shape index (κ3) is 4.39. The van der Waals surface area contributed by atoms with Crippen LogP contribution in [0.2, 0.25) is 0 Å². The molecule has 2 N–H and O–H groups in total. The number of hydrogen-bond acceptors (Lipinski definition) is 5. The van der Waals surface area contributed by atoms with Gasteiger partial charge in [0.15, 0.2) is 5.43 Å². The number of rotatable bonds is 8. The van der Waals surface area contributed by atoms with Crippen molar-refractivity contribution in [1.29, 1.82) is 0 Å². The Bertz CT molecular complexity index is 934. The van der Waals surface area contributed by atoms with Crippen LogP contribution in [-0.4, -0.2) is 30.9 Å². The first-order chi connectivity index (χ1) is 12.7. The second-order valence-corrected chi connectivity index (χ2v) is 5.91. The van der Waals surface area contributed by atoms with E-state index < -0.39 is 6.10 Å². The molecule has 1 aromatic heterocycles. The predicted molar refractivity (Wildman–Crippen MR) is 102 cm³/mol. The zero-order valence-corrected chi connectivity index (χ0v) is 14.4. The van der Waals surface area contributed by atoms with Gasteiger partial charge in [0.2, 0.25) is 0 Å². The quantitative estimate of drug-likeness (QED) is 0.482. The molecule has 0 saturated carbocycles. The van der Waals surface area contributed by atoms with Gasteiger partial charge >= 0.3 is 0 Å². The summed E-state index contributed by atoms with van der Waals surface area (Å²) in [6.07, 6.45) is 1.08. The molecule has 3 aromatic rings. The highest BCUT2D eigenvalue weighted by atomic mass is 16.5. The molecule has 1 unspecified atom stereocenters. The third-order valence-electron chi connectivity index (χ3n) is 3.87. The first-order valence-corrected chi connectivity index (χ1v) is 8.43. The average Bonchev–Trinajstić information content (AvgIpc) is 2.67. The van der Waals surface area contributed by atoms with Crippen LogP contribution in [0.3, 0.4) is 0 Å². The van der Waals surface area contributed by atoms with E-state index in [4.69, 9.17) is 9.15 Å². The van der Waals surface area contributed by atoms with Crippen molar-refractivity contribution in [2.24, 2.45) is 0 Å². The second kappa shape index (κ2) is 8.47. The molecule has 5 heteroatoms. The molecule has 134 valence electrons. The fraction of sp³-hybridized carbons (Fsp3) is 0.190. The Balaban J connectivity index is 1.79. The molecule has 0 aliphatic rings. The zero-order valence-electron chi connectivity index (χ0n) is 14.4. The van der Waals surface area contributed by atoms with Gasteiger partial charge in [-0.1, -0.05) is 36.4 Å². The smallest absolute Gasteiger partial charge is 0.193 e. The molecule has 3 rings (SSSR count). The number of fused-ring (bicyclic) bond motifs is 1. The number of aliphatic hydroxyl groups is 1. The van der Waals surface area contributed by atoms with Gasteiger partial charge in [0.05, 0.1) is 5.39 Å². The lowest BCUT2D eigenvalue weighted by Gasteiger charge is -2.13. The molecule has 1 heterocycles. The van der Waals surface area contributed by atoms with Gasteiger partial charge in [-0.15, -0.1) is 6.58 Å². The Morgan fingerprint density at radius 1 is 1.19 bits per heavy atom. The molecular weight excluding hydrogens is 330 g/mol. The summed E-state index contributed by atoms with van der Waals surface area (Å²) in [4.78, 5) is 12.3. The fourth-order valence-electron chi connectivity index (χ4n) is 2.57. The van der Waals surface area contributed by atoms with Crippen LogP contribution in [0.5, 0.6) is 5.75 Å². The Labute approximate surface area is 151 Å². The number of nitrogens with one attached hydrogen (secondary N) is 1. The van der Waals surface area contributed by atoms with Crippen molar-refractivity contribution in [2.45, 2.75) is 6.10 Å². The average molecular weight is 351 g/mol. The normalized spacial score (nSPS) is 12.0. The number of benzene rings is 2. The third-order valence-corrected chi connectivity index (χ3v) is 3.87. The molecule has 0 aliphatic heterocycles. The molecule has 26 heavy (non-hydrogen) atoms. The summed E-state index contributed by atoms with van der Waals surface area (Å²) in [5.74, 6) is 1.04. The van der Waals surface area contributed by atoms with Gasteiger partial charge in [-0.3, -0.25) is 4.79 Å². The minimum absolute atomic E-state index is 0.106. The second-order valence-electron chi connectivity index (χ2n) is 5.91. The van der Waals surface area contributed by atoms with Crippen molar-refractivity contribution in [3.05, 3.63) is 77.5 Å². The number of hydrogen-bond donors (Lipinski definition) is 2. The van der Waals surface area contributed by atoms with Crippen molar-refractivity contribution in [3.63, 3.8) is 0 Å². The highest BCUT2D eigenvalue weighted by molar-refractivity contribution is 5.80. The zero-order chi connectivity index (χ0) is 18.4. The van der Waals surface area contributed by atoms with E-state index in [1.165, 1.54) is 6.07 Å². The summed E-state index contributed by atoms with van der Waals surface area (Å²) in [6, 6.07) is 16.0. The highest BCUT2D eigenvalue weighted by Crippen LogP contribution is 2.24. The van der Waals surface area contributed by atoms with Gasteiger partial charge < -0.3 is 19.6 Å². The van der Waals surface area contributed by atoms with Crippen molar-refractivity contribution >= 4 is 11.0 Å². The van der Waals surface area contributed by atoms with Crippen molar-refractivity contribution in [3.8, 4) is 17.1 Å². The van der Waals surface area contributed by atoms with E-state index in [-0.39, 0.29) is 12.0 Å². The summed E-state index contributed by atoms with van der Waals surface area (Å²) in [7, 11) is 0. The summed E-state index contributed by atoms with van der Waals surface area (Å²) in [5.41, 5.74) is 1.18. The molecule has 0 saturated heterocycles. The first-order valence-electron chi connectivity index (χ1n) is 8.43. The van der Waals surface area contributed by atoms with Crippen LogP contribution in [0.1, 0.15) is 0 Å². The van der Waals surface area contributed by atoms with Gasteiger partial charge in [0, 0.05) is 30.8 Å². The SMILES string of the molecule is C=CCNCC(O)COc1ccc2c(=O)cc(-c3ccccc3)oc2c1. The molecule has 5 nitrogen and oxygen atoms in total. The molecule has 0 fully saturated rings. The van der Waals surface area contributed by atoms with E-state index in [2.05, 4.69) is 11.9 Å². The van der Waals surface area contributed by atoms with Gasteiger partial charge in [-0.25, -0.2) is 0 Å². The van der Waals surface area contributed by atoms with Crippen LogP contribution < -0.4 is 15.5 Å². The van der Waals surface area contributed by atoms with E-state index in [1.807, 2.05) is 30.3 Å². The molecular formula is C21H21NO4. The molecule has 0 bridgehead atoms. The molecule has 2 aromatic carbocycles. The summed E-state index contributed by atoms with van der Waals surface area (Å²) >= 11 is 0. The Morgan fingerprint density at radius 2 is 2.00 bits per heavy atom.